The second-order valence-corrected chi connectivity index (χ2v) is 4.14. The van der Waals surface area contributed by atoms with Gasteiger partial charge < -0.3 is 20.1 Å². The van der Waals surface area contributed by atoms with E-state index in [2.05, 4.69) is 15.6 Å². The molecule has 2 heterocycles. The first kappa shape index (κ1) is 11.6. The van der Waals surface area contributed by atoms with Gasteiger partial charge in [-0.25, -0.2) is 4.98 Å². The Bertz CT molecular complexity index is 569. The Hall–Kier alpha value is -2.43. The molecule has 3 rings (SSSR count). The lowest BCUT2D eigenvalue weighted by Crippen LogP contribution is -2.19. The Kier molecular flexibility index (Phi) is 3.10. The van der Waals surface area contributed by atoms with E-state index in [1.54, 1.807) is 12.3 Å². The Morgan fingerprint density at radius 3 is 2.89 bits per heavy atom. The zero-order chi connectivity index (χ0) is 13.1. The number of aromatic nitrogens is 1. The molecule has 0 atom stereocenters. The monoisotopic (exact) mass is 257 g/mol. The minimum Gasteiger partial charge on any atom is -0.485 e. The van der Waals surface area contributed by atoms with Gasteiger partial charge in [0.05, 0.1) is 6.54 Å². The van der Waals surface area contributed by atoms with Crippen molar-refractivity contribution >= 4 is 11.5 Å². The number of benzene rings is 1. The van der Waals surface area contributed by atoms with Crippen molar-refractivity contribution in [1.29, 1.82) is 0 Å². The van der Waals surface area contributed by atoms with E-state index >= 15 is 0 Å². The van der Waals surface area contributed by atoms with Gasteiger partial charge in [0.2, 0.25) is 5.75 Å². The smallest absolute Gasteiger partial charge is 0.204 e. The quantitative estimate of drug-likeness (QED) is 0.885. The first-order chi connectivity index (χ1) is 9.36. The van der Waals surface area contributed by atoms with Crippen LogP contribution in [-0.2, 0) is 0 Å². The SMILES string of the molecule is CNc1ccc(Oc2ccnc3c2OCCN3)cc1. The lowest BCUT2D eigenvalue weighted by atomic mass is 10.3. The van der Waals surface area contributed by atoms with Crippen molar-refractivity contribution in [3.63, 3.8) is 0 Å². The third kappa shape index (κ3) is 2.40. The molecule has 0 spiro atoms. The Morgan fingerprint density at radius 1 is 1.26 bits per heavy atom. The molecule has 0 saturated heterocycles. The van der Waals surface area contributed by atoms with Gasteiger partial charge in [-0.3, -0.25) is 0 Å². The lowest BCUT2D eigenvalue weighted by Gasteiger charge is -2.20. The maximum absolute atomic E-state index is 5.84. The van der Waals surface area contributed by atoms with Crippen molar-refractivity contribution in [1.82, 2.24) is 4.98 Å². The summed E-state index contributed by atoms with van der Waals surface area (Å²) in [6.45, 7) is 1.38. The van der Waals surface area contributed by atoms with Crippen LogP contribution < -0.4 is 20.1 Å². The van der Waals surface area contributed by atoms with Gasteiger partial charge in [-0.1, -0.05) is 0 Å². The second kappa shape index (κ2) is 5.06. The van der Waals surface area contributed by atoms with E-state index in [1.165, 1.54) is 0 Å². The molecule has 0 aliphatic carbocycles. The van der Waals surface area contributed by atoms with Crippen LogP contribution in [0.3, 0.4) is 0 Å². The molecule has 0 fully saturated rings. The average molecular weight is 257 g/mol. The van der Waals surface area contributed by atoms with Crippen LogP contribution in [-0.4, -0.2) is 25.2 Å². The number of rotatable bonds is 3. The largest absolute Gasteiger partial charge is 0.485 e. The standard InChI is InChI=1S/C14H15N3O2/c1-15-10-2-4-11(5-3-10)19-12-6-7-16-14-13(12)18-9-8-17-14/h2-7,15H,8-9H2,1H3,(H,16,17). The maximum atomic E-state index is 5.84. The molecule has 19 heavy (non-hydrogen) atoms. The normalized spacial score (nSPS) is 12.9. The predicted molar refractivity (Wildman–Crippen MR) is 74.3 cm³/mol. The van der Waals surface area contributed by atoms with Gasteiger partial charge in [-0.2, -0.15) is 0 Å². The van der Waals surface area contributed by atoms with Crippen molar-refractivity contribution < 1.29 is 9.47 Å². The summed E-state index contributed by atoms with van der Waals surface area (Å²) in [5, 5.41) is 6.25. The molecular formula is C14H15N3O2. The van der Waals surface area contributed by atoms with Gasteiger partial charge >= 0.3 is 0 Å². The van der Waals surface area contributed by atoms with Crippen molar-refractivity contribution in [2.24, 2.45) is 0 Å². The molecule has 0 bridgehead atoms. The predicted octanol–water partition coefficient (Wildman–Crippen LogP) is 2.72. The van der Waals surface area contributed by atoms with E-state index < -0.39 is 0 Å². The number of nitrogens with zero attached hydrogens (tertiary/aromatic N) is 1. The van der Waals surface area contributed by atoms with Crippen LogP contribution in [0.1, 0.15) is 0 Å². The third-order valence-electron chi connectivity index (χ3n) is 2.88. The molecule has 5 nitrogen and oxygen atoms in total. The van der Waals surface area contributed by atoms with Gasteiger partial charge in [0.1, 0.15) is 12.4 Å². The highest BCUT2D eigenvalue weighted by molar-refractivity contribution is 5.60. The number of pyridine rings is 1. The number of nitrogens with one attached hydrogen (secondary N) is 2. The molecule has 2 aromatic rings. The highest BCUT2D eigenvalue weighted by Crippen LogP contribution is 2.37. The lowest BCUT2D eigenvalue weighted by molar-refractivity contribution is 0.304. The molecule has 0 radical (unpaired) electrons. The van der Waals surface area contributed by atoms with Gasteiger partial charge in [0.25, 0.3) is 0 Å². The minimum absolute atomic E-state index is 0.619. The summed E-state index contributed by atoms with van der Waals surface area (Å²) in [4.78, 5) is 4.22. The maximum Gasteiger partial charge on any atom is 0.204 e. The summed E-state index contributed by atoms with van der Waals surface area (Å²) in [5.74, 6) is 2.85. The molecule has 1 aliphatic heterocycles. The molecule has 0 unspecified atom stereocenters. The van der Waals surface area contributed by atoms with E-state index in [-0.39, 0.29) is 0 Å². The molecule has 1 aromatic heterocycles. The fraction of sp³-hybridized carbons (Fsp3) is 0.214. The van der Waals surface area contributed by atoms with Crippen LogP contribution in [0.2, 0.25) is 0 Å². The number of hydrogen-bond acceptors (Lipinski definition) is 5. The molecule has 98 valence electrons. The van der Waals surface area contributed by atoms with E-state index in [9.17, 15) is 0 Å². The van der Waals surface area contributed by atoms with E-state index in [0.29, 0.717) is 18.1 Å². The van der Waals surface area contributed by atoms with Crippen molar-refractivity contribution in [2.75, 3.05) is 30.8 Å². The molecule has 0 amide bonds. The minimum atomic E-state index is 0.619. The van der Waals surface area contributed by atoms with E-state index in [1.807, 2.05) is 31.3 Å². The van der Waals surface area contributed by atoms with Crippen LogP contribution in [0.4, 0.5) is 11.5 Å². The van der Waals surface area contributed by atoms with E-state index in [0.717, 1.165) is 23.8 Å². The van der Waals surface area contributed by atoms with Gasteiger partial charge in [0, 0.05) is 25.0 Å². The van der Waals surface area contributed by atoms with Crippen LogP contribution in [0.25, 0.3) is 0 Å². The number of fused-ring (bicyclic) bond motifs is 1. The van der Waals surface area contributed by atoms with Crippen molar-refractivity contribution in [3.05, 3.63) is 36.5 Å². The highest BCUT2D eigenvalue weighted by atomic mass is 16.5. The number of ether oxygens (including phenoxy) is 2. The topological polar surface area (TPSA) is 55.4 Å². The first-order valence-electron chi connectivity index (χ1n) is 6.18. The Morgan fingerprint density at radius 2 is 2.11 bits per heavy atom. The zero-order valence-corrected chi connectivity index (χ0v) is 10.6. The van der Waals surface area contributed by atoms with Gasteiger partial charge in [-0.05, 0) is 24.3 Å². The molecule has 5 heteroatoms. The number of hydrogen-bond donors (Lipinski definition) is 2. The van der Waals surface area contributed by atoms with Crippen LogP contribution in [0.5, 0.6) is 17.2 Å². The third-order valence-corrected chi connectivity index (χ3v) is 2.88. The fourth-order valence-corrected chi connectivity index (χ4v) is 1.92. The summed E-state index contributed by atoms with van der Waals surface area (Å²) in [5.41, 5.74) is 1.04. The fourth-order valence-electron chi connectivity index (χ4n) is 1.92. The molecule has 1 aromatic carbocycles. The number of anilines is 2. The summed E-state index contributed by atoms with van der Waals surface area (Å²) >= 11 is 0. The first-order valence-corrected chi connectivity index (χ1v) is 6.18. The van der Waals surface area contributed by atoms with Crippen LogP contribution in [0, 0.1) is 0 Å². The second-order valence-electron chi connectivity index (χ2n) is 4.14. The summed E-state index contributed by atoms with van der Waals surface area (Å²) in [6, 6.07) is 9.55. The summed E-state index contributed by atoms with van der Waals surface area (Å²) < 4.78 is 11.5. The Labute approximate surface area is 111 Å². The summed E-state index contributed by atoms with van der Waals surface area (Å²) in [7, 11) is 1.88. The highest BCUT2D eigenvalue weighted by Gasteiger charge is 2.16. The summed E-state index contributed by atoms with van der Waals surface area (Å²) in [6.07, 6.45) is 1.71. The molecule has 2 N–H and O–H groups in total. The zero-order valence-electron chi connectivity index (χ0n) is 10.6. The Balaban J connectivity index is 1.86. The molecule has 1 aliphatic rings. The van der Waals surface area contributed by atoms with E-state index in [4.69, 9.17) is 9.47 Å². The molecule has 0 saturated carbocycles. The van der Waals surface area contributed by atoms with Crippen LogP contribution in [0.15, 0.2) is 36.5 Å². The molecular weight excluding hydrogens is 242 g/mol. The average Bonchev–Trinajstić information content (AvgIpc) is 2.48. The van der Waals surface area contributed by atoms with Crippen molar-refractivity contribution in [2.45, 2.75) is 0 Å². The van der Waals surface area contributed by atoms with Gasteiger partial charge in [0.15, 0.2) is 11.6 Å². The van der Waals surface area contributed by atoms with Crippen molar-refractivity contribution in [3.8, 4) is 17.2 Å². The van der Waals surface area contributed by atoms with Crippen LogP contribution >= 0.6 is 0 Å². The van der Waals surface area contributed by atoms with Gasteiger partial charge in [-0.15, -0.1) is 0 Å².